The minimum Gasteiger partial charge on any atom is -0.481 e. The molecular weight excluding hydrogens is 276 g/mol. The van der Waals surface area contributed by atoms with Crippen molar-refractivity contribution >= 4 is 11.6 Å². The lowest BCUT2D eigenvalue weighted by Gasteiger charge is -2.15. The molecule has 3 nitrogen and oxygen atoms in total. The van der Waals surface area contributed by atoms with E-state index in [9.17, 15) is 13.6 Å². The average Bonchev–Trinajstić information content (AvgIpc) is 2.41. The van der Waals surface area contributed by atoms with E-state index >= 15 is 0 Å². The number of benzene rings is 2. The summed E-state index contributed by atoms with van der Waals surface area (Å²) in [6.45, 7) is 3.46. The zero-order valence-corrected chi connectivity index (χ0v) is 11.7. The summed E-state index contributed by atoms with van der Waals surface area (Å²) < 4.78 is 31.7. The molecule has 110 valence electrons. The monoisotopic (exact) mass is 291 g/mol. The number of ether oxygens (including phenoxy) is 1. The van der Waals surface area contributed by atoms with Gasteiger partial charge in [0.1, 0.15) is 17.4 Å². The largest absolute Gasteiger partial charge is 0.481 e. The number of aryl methyl sites for hydroxylation is 1. The molecule has 0 unspecified atom stereocenters. The van der Waals surface area contributed by atoms with Crippen molar-refractivity contribution < 1.29 is 18.3 Å². The fourth-order valence-corrected chi connectivity index (χ4v) is 1.77. The fourth-order valence-electron chi connectivity index (χ4n) is 1.77. The van der Waals surface area contributed by atoms with Crippen LogP contribution in [0.1, 0.15) is 12.5 Å². The number of amides is 1. The number of hydrogen-bond acceptors (Lipinski definition) is 2. The summed E-state index contributed by atoms with van der Waals surface area (Å²) in [7, 11) is 0. The maximum Gasteiger partial charge on any atom is 0.265 e. The highest BCUT2D eigenvalue weighted by Crippen LogP contribution is 2.17. The third-order valence-corrected chi connectivity index (χ3v) is 2.86. The van der Waals surface area contributed by atoms with Crippen LogP contribution in [0.25, 0.3) is 0 Å². The van der Waals surface area contributed by atoms with Crippen LogP contribution in [0.15, 0.2) is 42.5 Å². The average molecular weight is 291 g/mol. The first kappa shape index (κ1) is 15.0. The van der Waals surface area contributed by atoms with Gasteiger partial charge in [-0.05, 0) is 43.7 Å². The highest BCUT2D eigenvalue weighted by atomic mass is 19.1. The minimum atomic E-state index is -0.828. The van der Waals surface area contributed by atoms with E-state index in [1.54, 1.807) is 19.1 Å². The van der Waals surface area contributed by atoms with Crippen molar-refractivity contribution in [2.75, 3.05) is 5.32 Å². The van der Waals surface area contributed by atoms with Crippen LogP contribution < -0.4 is 10.1 Å². The van der Waals surface area contributed by atoms with E-state index in [-0.39, 0.29) is 5.69 Å². The van der Waals surface area contributed by atoms with Crippen LogP contribution in [0.4, 0.5) is 14.5 Å². The Kier molecular flexibility index (Phi) is 4.52. The van der Waals surface area contributed by atoms with E-state index in [0.717, 1.165) is 11.6 Å². The minimum absolute atomic E-state index is 0.0823. The second kappa shape index (κ2) is 6.35. The summed E-state index contributed by atoms with van der Waals surface area (Å²) in [6.07, 6.45) is -0.809. The third kappa shape index (κ3) is 4.02. The molecule has 0 saturated heterocycles. The van der Waals surface area contributed by atoms with Crippen molar-refractivity contribution in [1.29, 1.82) is 0 Å². The first-order chi connectivity index (χ1) is 9.95. The Morgan fingerprint density at radius 2 is 1.95 bits per heavy atom. The zero-order valence-electron chi connectivity index (χ0n) is 11.7. The van der Waals surface area contributed by atoms with Gasteiger partial charge < -0.3 is 10.1 Å². The molecule has 2 aromatic carbocycles. The lowest BCUT2D eigenvalue weighted by atomic mass is 10.2. The molecule has 1 N–H and O–H groups in total. The molecule has 0 aliphatic rings. The number of carbonyl (C=O) groups excluding carboxylic acids is 1. The molecule has 5 heteroatoms. The van der Waals surface area contributed by atoms with Crippen LogP contribution in [0, 0.1) is 18.6 Å². The Morgan fingerprint density at radius 1 is 1.19 bits per heavy atom. The smallest absolute Gasteiger partial charge is 0.265 e. The molecule has 2 rings (SSSR count). The Labute approximate surface area is 121 Å². The lowest BCUT2D eigenvalue weighted by Crippen LogP contribution is -2.30. The highest BCUT2D eigenvalue weighted by molar-refractivity contribution is 5.94. The number of anilines is 1. The number of halogens is 2. The molecule has 0 saturated carbocycles. The number of nitrogens with one attached hydrogen (secondary N) is 1. The number of carbonyl (C=O) groups is 1. The summed E-state index contributed by atoms with van der Waals surface area (Å²) in [5, 5.41) is 2.37. The van der Waals surface area contributed by atoms with Gasteiger partial charge in [-0.3, -0.25) is 4.79 Å². The van der Waals surface area contributed by atoms with Crippen LogP contribution in [0.5, 0.6) is 5.75 Å². The molecule has 0 fully saturated rings. The maximum atomic E-state index is 13.5. The molecule has 0 aromatic heterocycles. The van der Waals surface area contributed by atoms with Gasteiger partial charge in [0, 0.05) is 6.07 Å². The standard InChI is InChI=1S/C16H15F2NO2/c1-10-4-3-5-13(8-10)21-11(2)16(20)19-15-7-6-12(17)9-14(15)18/h3-9,11H,1-2H3,(H,19,20)/t11-/m0/s1. The Hall–Kier alpha value is -2.43. The Bertz CT molecular complexity index is 658. The first-order valence-electron chi connectivity index (χ1n) is 6.45. The van der Waals surface area contributed by atoms with E-state index < -0.39 is 23.6 Å². The number of hydrogen-bond donors (Lipinski definition) is 1. The summed E-state index contributed by atoms with van der Waals surface area (Å²) in [4.78, 5) is 11.9. The van der Waals surface area contributed by atoms with Gasteiger partial charge in [0.05, 0.1) is 5.69 Å². The van der Waals surface area contributed by atoms with E-state index in [2.05, 4.69) is 5.32 Å². The van der Waals surface area contributed by atoms with Crippen molar-refractivity contribution in [3.63, 3.8) is 0 Å². The van der Waals surface area contributed by atoms with Crippen LogP contribution in [0.2, 0.25) is 0 Å². The molecule has 0 radical (unpaired) electrons. The van der Waals surface area contributed by atoms with Gasteiger partial charge in [0.2, 0.25) is 0 Å². The van der Waals surface area contributed by atoms with Gasteiger partial charge in [-0.25, -0.2) is 8.78 Å². The summed E-state index contributed by atoms with van der Waals surface area (Å²) in [6, 6.07) is 10.2. The molecular formula is C16H15F2NO2. The predicted molar refractivity (Wildman–Crippen MR) is 76.3 cm³/mol. The van der Waals surface area contributed by atoms with Crippen molar-refractivity contribution in [2.45, 2.75) is 20.0 Å². The van der Waals surface area contributed by atoms with Crippen LogP contribution in [-0.4, -0.2) is 12.0 Å². The first-order valence-corrected chi connectivity index (χ1v) is 6.45. The Morgan fingerprint density at radius 3 is 2.62 bits per heavy atom. The van der Waals surface area contributed by atoms with Gasteiger partial charge in [-0.15, -0.1) is 0 Å². The topological polar surface area (TPSA) is 38.3 Å². The second-order valence-electron chi connectivity index (χ2n) is 4.69. The highest BCUT2D eigenvalue weighted by Gasteiger charge is 2.16. The summed E-state index contributed by atoms with van der Waals surface area (Å²) in [5.74, 6) is -1.49. The van der Waals surface area contributed by atoms with Crippen LogP contribution >= 0.6 is 0 Å². The van der Waals surface area contributed by atoms with Crippen LogP contribution in [-0.2, 0) is 4.79 Å². The Balaban J connectivity index is 2.02. The van der Waals surface area contributed by atoms with E-state index in [1.165, 1.54) is 6.07 Å². The normalized spacial score (nSPS) is 11.8. The molecule has 0 bridgehead atoms. The van der Waals surface area contributed by atoms with Crippen molar-refractivity contribution in [3.05, 3.63) is 59.7 Å². The van der Waals surface area contributed by atoms with Crippen LogP contribution in [0.3, 0.4) is 0 Å². The van der Waals surface area contributed by atoms with Gasteiger partial charge in [0.25, 0.3) is 5.91 Å². The number of rotatable bonds is 4. The van der Waals surface area contributed by atoms with E-state index in [1.807, 2.05) is 19.1 Å². The SMILES string of the molecule is Cc1cccc(O[C@@H](C)C(=O)Nc2ccc(F)cc2F)c1. The molecule has 1 amide bonds. The van der Waals surface area contributed by atoms with Gasteiger partial charge in [-0.1, -0.05) is 12.1 Å². The molecule has 0 spiro atoms. The van der Waals surface area contributed by atoms with E-state index in [4.69, 9.17) is 4.74 Å². The van der Waals surface area contributed by atoms with Crippen molar-refractivity contribution in [1.82, 2.24) is 0 Å². The molecule has 1 atom stereocenters. The van der Waals surface area contributed by atoms with E-state index in [0.29, 0.717) is 11.8 Å². The molecule has 0 aliphatic carbocycles. The predicted octanol–water partition coefficient (Wildman–Crippen LogP) is 3.68. The molecule has 0 heterocycles. The van der Waals surface area contributed by atoms with Gasteiger partial charge in [0.15, 0.2) is 6.10 Å². The fraction of sp³-hybridized carbons (Fsp3) is 0.188. The maximum absolute atomic E-state index is 13.5. The zero-order chi connectivity index (χ0) is 15.4. The summed E-state index contributed by atoms with van der Waals surface area (Å²) >= 11 is 0. The third-order valence-electron chi connectivity index (χ3n) is 2.86. The lowest BCUT2D eigenvalue weighted by molar-refractivity contribution is -0.122. The second-order valence-corrected chi connectivity index (χ2v) is 4.69. The van der Waals surface area contributed by atoms with Crippen molar-refractivity contribution in [3.8, 4) is 5.75 Å². The quantitative estimate of drug-likeness (QED) is 0.933. The van der Waals surface area contributed by atoms with Gasteiger partial charge >= 0.3 is 0 Å². The molecule has 2 aromatic rings. The van der Waals surface area contributed by atoms with Gasteiger partial charge in [-0.2, -0.15) is 0 Å². The molecule has 0 aliphatic heterocycles. The van der Waals surface area contributed by atoms with Crippen molar-refractivity contribution in [2.24, 2.45) is 0 Å². The molecule has 21 heavy (non-hydrogen) atoms. The summed E-state index contributed by atoms with van der Waals surface area (Å²) in [5.41, 5.74) is 0.922.